The Morgan fingerprint density at radius 2 is 1.76 bits per heavy atom. The average molecular weight is 341 g/mol. The molecule has 0 saturated heterocycles. The molecule has 1 heterocycles. The number of pyridine rings is 1. The van der Waals surface area contributed by atoms with Gasteiger partial charge in [-0.25, -0.2) is 0 Å². The van der Waals surface area contributed by atoms with Gasteiger partial charge in [-0.15, -0.1) is 0 Å². The van der Waals surface area contributed by atoms with Crippen molar-refractivity contribution in [2.24, 2.45) is 0 Å². The van der Waals surface area contributed by atoms with Gasteiger partial charge >= 0.3 is 0 Å². The van der Waals surface area contributed by atoms with Gasteiger partial charge < -0.3 is 9.80 Å². The van der Waals surface area contributed by atoms with Gasteiger partial charge in [0.1, 0.15) is 0 Å². The Morgan fingerprint density at radius 3 is 2.36 bits per heavy atom. The first-order valence-corrected chi connectivity index (χ1v) is 8.81. The van der Waals surface area contributed by atoms with Crippen LogP contribution in [-0.4, -0.2) is 53.3 Å². The van der Waals surface area contributed by atoms with Crippen LogP contribution in [0, 0.1) is 0 Å². The van der Waals surface area contributed by atoms with E-state index >= 15 is 0 Å². The topological polar surface area (TPSA) is 53.5 Å². The summed E-state index contributed by atoms with van der Waals surface area (Å²) in [6.45, 7) is 9.36. The van der Waals surface area contributed by atoms with Crippen molar-refractivity contribution >= 4 is 22.7 Å². The van der Waals surface area contributed by atoms with Crippen LogP contribution >= 0.6 is 0 Å². The van der Waals surface area contributed by atoms with E-state index in [4.69, 9.17) is 0 Å². The maximum absolute atomic E-state index is 13.0. The van der Waals surface area contributed by atoms with E-state index in [0.29, 0.717) is 18.7 Å². The molecule has 0 bridgehead atoms. The largest absolute Gasteiger partial charge is 0.342 e. The number of rotatable bonds is 6. The molecule has 0 aliphatic carbocycles. The van der Waals surface area contributed by atoms with Crippen LogP contribution in [0.2, 0.25) is 0 Å². The Kier molecular flexibility index (Phi) is 6.12. The van der Waals surface area contributed by atoms with Crippen LogP contribution in [0.25, 0.3) is 10.9 Å². The standard InChI is InChI=1S/C20H27N3O2/c1-6-23(7-2)19(24)13-22(5)20(25)16-12-18(14(3)4)21-17-11-9-8-10-15(16)17/h8-12,14H,6-7,13H2,1-5H3. The lowest BCUT2D eigenvalue weighted by Crippen LogP contribution is -2.41. The van der Waals surface area contributed by atoms with Crippen LogP contribution in [-0.2, 0) is 4.79 Å². The first kappa shape index (κ1) is 18.9. The number of fused-ring (bicyclic) bond motifs is 1. The fraction of sp³-hybridized carbons (Fsp3) is 0.450. The van der Waals surface area contributed by atoms with Crippen LogP contribution in [0.1, 0.15) is 49.7 Å². The number of benzene rings is 1. The van der Waals surface area contributed by atoms with E-state index in [1.807, 2.05) is 44.2 Å². The second kappa shape index (κ2) is 8.10. The molecule has 1 aromatic heterocycles. The third-order valence-corrected chi connectivity index (χ3v) is 4.39. The molecule has 134 valence electrons. The molecule has 25 heavy (non-hydrogen) atoms. The number of nitrogens with zero attached hydrogens (tertiary/aromatic N) is 3. The highest BCUT2D eigenvalue weighted by Gasteiger charge is 2.21. The molecular formula is C20H27N3O2. The Balaban J connectivity index is 2.36. The van der Waals surface area contributed by atoms with Crippen molar-refractivity contribution in [1.29, 1.82) is 0 Å². The van der Waals surface area contributed by atoms with Crippen LogP contribution in [0.15, 0.2) is 30.3 Å². The number of hydrogen-bond donors (Lipinski definition) is 0. The summed E-state index contributed by atoms with van der Waals surface area (Å²) < 4.78 is 0. The molecule has 0 aliphatic rings. The number of aromatic nitrogens is 1. The maximum Gasteiger partial charge on any atom is 0.254 e. The highest BCUT2D eigenvalue weighted by atomic mass is 16.2. The molecule has 0 spiro atoms. The van der Waals surface area contributed by atoms with E-state index in [1.165, 1.54) is 4.90 Å². The lowest BCUT2D eigenvalue weighted by Gasteiger charge is -2.24. The van der Waals surface area contributed by atoms with Gasteiger partial charge in [-0.1, -0.05) is 32.0 Å². The number of carbonyl (C=O) groups is 2. The van der Waals surface area contributed by atoms with Crippen molar-refractivity contribution in [2.75, 3.05) is 26.7 Å². The van der Waals surface area contributed by atoms with Gasteiger partial charge in [-0.05, 0) is 31.9 Å². The normalized spacial score (nSPS) is 11.0. The van der Waals surface area contributed by atoms with E-state index in [1.54, 1.807) is 11.9 Å². The van der Waals surface area contributed by atoms with Gasteiger partial charge in [-0.2, -0.15) is 0 Å². The van der Waals surface area contributed by atoms with Crippen molar-refractivity contribution in [1.82, 2.24) is 14.8 Å². The Morgan fingerprint density at radius 1 is 1.12 bits per heavy atom. The molecule has 0 radical (unpaired) electrons. The molecule has 0 atom stereocenters. The first-order valence-electron chi connectivity index (χ1n) is 8.81. The van der Waals surface area contributed by atoms with Crippen LogP contribution < -0.4 is 0 Å². The highest BCUT2D eigenvalue weighted by Crippen LogP contribution is 2.23. The summed E-state index contributed by atoms with van der Waals surface area (Å²) in [6.07, 6.45) is 0. The summed E-state index contributed by atoms with van der Waals surface area (Å²) >= 11 is 0. The van der Waals surface area contributed by atoms with Crippen molar-refractivity contribution < 1.29 is 9.59 Å². The van der Waals surface area contributed by atoms with Gasteiger partial charge in [0, 0.05) is 31.2 Å². The molecular weight excluding hydrogens is 314 g/mol. The second-order valence-corrected chi connectivity index (χ2v) is 6.49. The minimum absolute atomic E-state index is 0.0386. The minimum atomic E-state index is -0.152. The lowest BCUT2D eigenvalue weighted by molar-refractivity contribution is -0.131. The SMILES string of the molecule is CCN(CC)C(=O)CN(C)C(=O)c1cc(C(C)C)nc2ccccc12. The highest BCUT2D eigenvalue weighted by molar-refractivity contribution is 6.07. The third-order valence-electron chi connectivity index (χ3n) is 4.39. The molecule has 2 amide bonds. The van der Waals surface area contributed by atoms with E-state index in [0.717, 1.165) is 16.6 Å². The molecule has 0 unspecified atom stereocenters. The Hall–Kier alpha value is -2.43. The maximum atomic E-state index is 13.0. The fourth-order valence-electron chi connectivity index (χ4n) is 2.83. The quantitative estimate of drug-likeness (QED) is 0.810. The summed E-state index contributed by atoms with van der Waals surface area (Å²) in [7, 11) is 1.67. The van der Waals surface area contributed by atoms with Gasteiger partial charge in [0.2, 0.25) is 5.91 Å². The van der Waals surface area contributed by atoms with Crippen molar-refractivity contribution in [3.63, 3.8) is 0 Å². The average Bonchev–Trinajstić information content (AvgIpc) is 2.60. The van der Waals surface area contributed by atoms with Crippen LogP contribution in [0.3, 0.4) is 0 Å². The van der Waals surface area contributed by atoms with E-state index in [9.17, 15) is 9.59 Å². The predicted octanol–water partition coefficient (Wildman–Crippen LogP) is 3.30. The van der Waals surface area contributed by atoms with Crippen molar-refractivity contribution in [3.05, 3.63) is 41.6 Å². The number of carbonyl (C=O) groups excluding carboxylic acids is 2. The summed E-state index contributed by atoms with van der Waals surface area (Å²) in [5.74, 6) is 0.0306. The number of para-hydroxylation sites is 1. The molecule has 0 fully saturated rings. The fourth-order valence-corrected chi connectivity index (χ4v) is 2.83. The minimum Gasteiger partial charge on any atom is -0.342 e. The Bertz CT molecular complexity index is 767. The summed E-state index contributed by atoms with van der Waals surface area (Å²) in [4.78, 5) is 33.2. The Labute approximate surface area is 149 Å². The van der Waals surface area contributed by atoms with Crippen molar-refractivity contribution in [3.8, 4) is 0 Å². The van der Waals surface area contributed by atoms with Crippen molar-refractivity contribution in [2.45, 2.75) is 33.6 Å². The number of amides is 2. The first-order chi connectivity index (χ1) is 11.9. The smallest absolute Gasteiger partial charge is 0.254 e. The second-order valence-electron chi connectivity index (χ2n) is 6.49. The van der Waals surface area contributed by atoms with Crippen LogP contribution in [0.4, 0.5) is 0 Å². The van der Waals surface area contributed by atoms with E-state index < -0.39 is 0 Å². The zero-order valence-corrected chi connectivity index (χ0v) is 15.7. The summed E-state index contributed by atoms with van der Waals surface area (Å²) in [6, 6.07) is 9.49. The van der Waals surface area contributed by atoms with Gasteiger partial charge in [0.05, 0.1) is 17.6 Å². The summed E-state index contributed by atoms with van der Waals surface area (Å²) in [5.41, 5.74) is 2.29. The molecule has 2 rings (SSSR count). The van der Waals surface area contributed by atoms with E-state index in [2.05, 4.69) is 18.8 Å². The van der Waals surface area contributed by atoms with Gasteiger partial charge in [0.15, 0.2) is 0 Å². The zero-order valence-electron chi connectivity index (χ0n) is 15.7. The third kappa shape index (κ3) is 4.16. The molecule has 2 aromatic rings. The molecule has 0 aliphatic heterocycles. The predicted molar refractivity (Wildman–Crippen MR) is 101 cm³/mol. The monoisotopic (exact) mass is 341 g/mol. The zero-order chi connectivity index (χ0) is 18.6. The van der Waals surface area contributed by atoms with E-state index in [-0.39, 0.29) is 24.3 Å². The molecule has 0 N–H and O–H groups in total. The lowest BCUT2D eigenvalue weighted by atomic mass is 10.0. The van der Waals surface area contributed by atoms with Gasteiger partial charge in [0.25, 0.3) is 5.91 Å². The number of likely N-dealkylation sites (N-methyl/N-ethyl adjacent to an activating group) is 2. The molecule has 0 saturated carbocycles. The molecule has 5 nitrogen and oxygen atoms in total. The number of hydrogen-bond acceptors (Lipinski definition) is 3. The molecule has 1 aromatic carbocycles. The van der Waals surface area contributed by atoms with Crippen LogP contribution in [0.5, 0.6) is 0 Å². The molecule has 5 heteroatoms. The van der Waals surface area contributed by atoms with Gasteiger partial charge in [-0.3, -0.25) is 14.6 Å². The summed E-state index contributed by atoms with van der Waals surface area (Å²) in [5, 5.41) is 0.819.